The summed E-state index contributed by atoms with van der Waals surface area (Å²) in [5.41, 5.74) is -0.391. The van der Waals surface area contributed by atoms with Crippen LogP contribution in [0.5, 0.6) is 0 Å². The van der Waals surface area contributed by atoms with Crippen molar-refractivity contribution in [3.8, 4) is 0 Å². The topological polar surface area (TPSA) is 44.4 Å². The van der Waals surface area contributed by atoms with Gasteiger partial charge >= 0.3 is 0 Å². The number of piperazine rings is 1. The number of hydrogen-bond donors (Lipinski definition) is 2. The molecule has 2 atom stereocenters. The average molecular weight is 281 g/mol. The maximum absolute atomic E-state index is 12.7. The maximum Gasteiger partial charge on any atom is 0.240 e. The number of rotatable bonds is 4. The Hall–Kier alpha value is -0.610. The highest BCUT2D eigenvalue weighted by Gasteiger charge is 2.37. The van der Waals surface area contributed by atoms with Crippen molar-refractivity contribution < 1.29 is 4.79 Å². The van der Waals surface area contributed by atoms with Crippen LogP contribution in [-0.2, 0) is 4.79 Å². The van der Waals surface area contributed by atoms with E-state index in [1.807, 2.05) is 0 Å². The molecule has 116 valence electrons. The first-order chi connectivity index (χ1) is 9.55. The molecule has 0 aromatic rings. The summed E-state index contributed by atoms with van der Waals surface area (Å²) in [5, 5.41) is 6.71. The van der Waals surface area contributed by atoms with Crippen LogP contribution in [0.4, 0.5) is 0 Å². The molecule has 1 aliphatic carbocycles. The third kappa shape index (κ3) is 3.53. The highest BCUT2D eigenvalue weighted by Crippen LogP contribution is 2.27. The highest BCUT2D eigenvalue weighted by atomic mass is 16.2. The summed E-state index contributed by atoms with van der Waals surface area (Å²) in [4.78, 5) is 15.0. The van der Waals surface area contributed by atoms with Crippen molar-refractivity contribution in [2.45, 2.75) is 64.5 Å². The van der Waals surface area contributed by atoms with Crippen molar-refractivity contribution in [2.75, 3.05) is 26.2 Å². The van der Waals surface area contributed by atoms with Crippen molar-refractivity contribution >= 4 is 5.91 Å². The van der Waals surface area contributed by atoms with Gasteiger partial charge in [0.1, 0.15) is 0 Å². The average Bonchev–Trinajstić information content (AvgIpc) is 2.48. The van der Waals surface area contributed by atoms with Crippen molar-refractivity contribution in [2.24, 2.45) is 5.92 Å². The predicted octanol–water partition coefficient (Wildman–Crippen LogP) is 1.76. The van der Waals surface area contributed by atoms with Crippen LogP contribution in [0.3, 0.4) is 0 Å². The standard InChI is InChI=1S/C16H31N3O/c1-4-13-7-5-6-8-14(13)18-15(20)16(2,3)19-11-9-17-10-12-19/h13-14,17H,4-12H2,1-3H3,(H,18,20). The first kappa shape index (κ1) is 15.8. The van der Waals surface area contributed by atoms with Crippen molar-refractivity contribution in [1.82, 2.24) is 15.5 Å². The molecule has 0 aromatic carbocycles. The lowest BCUT2D eigenvalue weighted by molar-refractivity contribution is -0.133. The SMILES string of the molecule is CCC1CCCCC1NC(=O)C(C)(C)N1CCNCC1. The van der Waals surface area contributed by atoms with Gasteiger partial charge in [-0.3, -0.25) is 9.69 Å². The molecule has 0 radical (unpaired) electrons. The molecule has 1 heterocycles. The molecule has 2 N–H and O–H groups in total. The molecule has 1 saturated heterocycles. The molecule has 2 unspecified atom stereocenters. The number of hydrogen-bond acceptors (Lipinski definition) is 3. The zero-order chi connectivity index (χ0) is 14.6. The molecule has 4 nitrogen and oxygen atoms in total. The fourth-order valence-corrected chi connectivity index (χ4v) is 3.60. The van der Waals surface area contributed by atoms with E-state index in [0.29, 0.717) is 12.0 Å². The summed E-state index contributed by atoms with van der Waals surface area (Å²) in [6, 6.07) is 0.392. The Balaban J connectivity index is 1.94. The maximum atomic E-state index is 12.7. The summed E-state index contributed by atoms with van der Waals surface area (Å²) < 4.78 is 0. The summed E-state index contributed by atoms with van der Waals surface area (Å²) >= 11 is 0. The normalized spacial score (nSPS) is 29.1. The molecule has 1 saturated carbocycles. The summed E-state index contributed by atoms with van der Waals surface area (Å²) in [6.45, 7) is 10.3. The fourth-order valence-electron chi connectivity index (χ4n) is 3.60. The van der Waals surface area contributed by atoms with E-state index in [0.717, 1.165) is 32.6 Å². The number of nitrogens with zero attached hydrogens (tertiary/aromatic N) is 1. The van der Waals surface area contributed by atoms with E-state index < -0.39 is 5.54 Å². The molecule has 2 fully saturated rings. The lowest BCUT2D eigenvalue weighted by Gasteiger charge is -2.41. The summed E-state index contributed by atoms with van der Waals surface area (Å²) in [6.07, 6.45) is 6.19. The third-order valence-corrected chi connectivity index (χ3v) is 5.21. The molecular weight excluding hydrogens is 250 g/mol. The monoisotopic (exact) mass is 281 g/mol. The molecule has 2 aliphatic rings. The van der Waals surface area contributed by atoms with Gasteiger partial charge in [-0.05, 0) is 32.6 Å². The van der Waals surface area contributed by atoms with E-state index in [4.69, 9.17) is 0 Å². The van der Waals surface area contributed by atoms with Crippen molar-refractivity contribution in [3.05, 3.63) is 0 Å². The molecule has 0 bridgehead atoms. The number of carbonyl (C=O) groups is 1. The van der Waals surface area contributed by atoms with E-state index in [1.165, 1.54) is 25.7 Å². The van der Waals surface area contributed by atoms with Gasteiger partial charge in [-0.1, -0.05) is 26.2 Å². The summed E-state index contributed by atoms with van der Waals surface area (Å²) in [5.74, 6) is 0.885. The molecule has 2 rings (SSSR count). The molecule has 0 spiro atoms. The van der Waals surface area contributed by atoms with Gasteiger partial charge in [0.2, 0.25) is 5.91 Å². The van der Waals surface area contributed by atoms with Crippen molar-refractivity contribution in [1.29, 1.82) is 0 Å². The van der Waals surface area contributed by atoms with E-state index in [1.54, 1.807) is 0 Å². The van der Waals surface area contributed by atoms with E-state index in [9.17, 15) is 4.79 Å². The first-order valence-electron chi connectivity index (χ1n) is 8.32. The number of amides is 1. The molecular formula is C16H31N3O. The van der Waals surface area contributed by atoms with E-state index in [-0.39, 0.29) is 5.91 Å². The largest absolute Gasteiger partial charge is 0.351 e. The second-order valence-corrected chi connectivity index (χ2v) is 6.83. The second-order valence-electron chi connectivity index (χ2n) is 6.83. The zero-order valence-corrected chi connectivity index (χ0v) is 13.4. The second kappa shape index (κ2) is 6.90. The van der Waals surface area contributed by atoms with Gasteiger partial charge in [-0.15, -0.1) is 0 Å². The van der Waals surface area contributed by atoms with Gasteiger partial charge < -0.3 is 10.6 Å². The Labute approximate surface area is 123 Å². The zero-order valence-electron chi connectivity index (χ0n) is 13.4. The van der Waals surface area contributed by atoms with Crippen LogP contribution in [0, 0.1) is 5.92 Å². The van der Waals surface area contributed by atoms with Gasteiger partial charge in [0.15, 0.2) is 0 Å². The lowest BCUT2D eigenvalue weighted by Crippen LogP contribution is -2.61. The minimum absolute atomic E-state index is 0.213. The Morgan fingerprint density at radius 3 is 2.55 bits per heavy atom. The first-order valence-corrected chi connectivity index (χ1v) is 8.32. The fraction of sp³-hybridized carbons (Fsp3) is 0.938. The molecule has 1 aliphatic heterocycles. The van der Waals surface area contributed by atoms with Crippen LogP contribution >= 0.6 is 0 Å². The quantitative estimate of drug-likeness (QED) is 0.825. The van der Waals surface area contributed by atoms with E-state index >= 15 is 0 Å². The third-order valence-electron chi connectivity index (χ3n) is 5.21. The Morgan fingerprint density at radius 1 is 1.25 bits per heavy atom. The highest BCUT2D eigenvalue weighted by molar-refractivity contribution is 5.85. The Bertz CT molecular complexity index is 324. The van der Waals surface area contributed by atoms with Crippen LogP contribution in [0.1, 0.15) is 52.9 Å². The smallest absolute Gasteiger partial charge is 0.240 e. The van der Waals surface area contributed by atoms with Crippen molar-refractivity contribution in [3.63, 3.8) is 0 Å². The van der Waals surface area contributed by atoms with Crippen LogP contribution in [0.15, 0.2) is 0 Å². The minimum atomic E-state index is -0.391. The van der Waals surface area contributed by atoms with Crippen LogP contribution in [0.25, 0.3) is 0 Å². The van der Waals surface area contributed by atoms with Gasteiger partial charge in [-0.2, -0.15) is 0 Å². The number of carbonyl (C=O) groups excluding carboxylic acids is 1. The minimum Gasteiger partial charge on any atom is -0.351 e. The van der Waals surface area contributed by atoms with Crippen LogP contribution < -0.4 is 10.6 Å². The molecule has 20 heavy (non-hydrogen) atoms. The van der Waals surface area contributed by atoms with Crippen LogP contribution in [-0.4, -0.2) is 48.6 Å². The van der Waals surface area contributed by atoms with Gasteiger partial charge in [0.25, 0.3) is 0 Å². The molecule has 1 amide bonds. The predicted molar refractivity (Wildman–Crippen MR) is 82.7 cm³/mol. The molecule has 4 heteroatoms. The van der Waals surface area contributed by atoms with Gasteiger partial charge in [-0.25, -0.2) is 0 Å². The van der Waals surface area contributed by atoms with Gasteiger partial charge in [0.05, 0.1) is 5.54 Å². The number of nitrogens with one attached hydrogen (secondary N) is 2. The Kier molecular flexibility index (Phi) is 5.44. The lowest BCUT2D eigenvalue weighted by atomic mass is 9.82. The van der Waals surface area contributed by atoms with Crippen LogP contribution in [0.2, 0.25) is 0 Å². The van der Waals surface area contributed by atoms with E-state index in [2.05, 4.69) is 36.3 Å². The Morgan fingerprint density at radius 2 is 1.90 bits per heavy atom. The summed E-state index contributed by atoms with van der Waals surface area (Å²) in [7, 11) is 0. The molecule has 0 aromatic heterocycles. The van der Waals surface area contributed by atoms with Gasteiger partial charge in [0, 0.05) is 32.2 Å².